The molecule has 0 radical (unpaired) electrons. The molecule has 0 saturated heterocycles. The number of carbonyl (C=O) groups excluding carboxylic acids is 1. The fourth-order valence-corrected chi connectivity index (χ4v) is 1.48. The third-order valence-electron chi connectivity index (χ3n) is 2.26. The van der Waals surface area contributed by atoms with E-state index < -0.39 is 0 Å². The maximum absolute atomic E-state index is 11.5. The second kappa shape index (κ2) is 4.96. The van der Waals surface area contributed by atoms with Crippen LogP contribution in [0.25, 0.3) is 0 Å². The Morgan fingerprint density at radius 3 is 2.73 bits per heavy atom. The second-order valence-electron chi connectivity index (χ2n) is 3.78. The molecular weight excluding hydrogens is 192 g/mol. The van der Waals surface area contributed by atoms with E-state index in [1.165, 1.54) is 0 Å². The van der Waals surface area contributed by atoms with Gasteiger partial charge in [-0.1, -0.05) is 13.8 Å². The minimum Gasteiger partial charge on any atom is -0.464 e. The SMILES string of the molecule is CCOC(=O)C(C)n1ccnc1C(C)C. The minimum absolute atomic E-state index is 0.211. The molecule has 0 aliphatic carbocycles. The highest BCUT2D eigenvalue weighted by Crippen LogP contribution is 2.17. The van der Waals surface area contributed by atoms with Crippen molar-refractivity contribution < 1.29 is 9.53 Å². The first-order chi connectivity index (χ1) is 7.07. The monoisotopic (exact) mass is 210 g/mol. The quantitative estimate of drug-likeness (QED) is 0.715. The zero-order valence-corrected chi connectivity index (χ0v) is 9.73. The highest BCUT2D eigenvalue weighted by Gasteiger charge is 2.19. The van der Waals surface area contributed by atoms with Crippen molar-refractivity contribution >= 4 is 5.97 Å². The molecule has 0 aliphatic rings. The van der Waals surface area contributed by atoms with Crippen LogP contribution in [-0.2, 0) is 9.53 Å². The van der Waals surface area contributed by atoms with Crippen molar-refractivity contribution in [3.63, 3.8) is 0 Å². The first-order valence-electron chi connectivity index (χ1n) is 5.27. The van der Waals surface area contributed by atoms with Crippen molar-refractivity contribution in [1.29, 1.82) is 0 Å². The molecule has 0 aromatic carbocycles. The van der Waals surface area contributed by atoms with Crippen LogP contribution in [0.4, 0.5) is 0 Å². The van der Waals surface area contributed by atoms with E-state index in [-0.39, 0.29) is 12.0 Å². The molecule has 4 heteroatoms. The molecule has 84 valence electrons. The first-order valence-corrected chi connectivity index (χ1v) is 5.27. The van der Waals surface area contributed by atoms with Crippen molar-refractivity contribution in [2.24, 2.45) is 0 Å². The van der Waals surface area contributed by atoms with Gasteiger partial charge in [0.2, 0.25) is 0 Å². The van der Waals surface area contributed by atoms with Crippen LogP contribution in [0.2, 0.25) is 0 Å². The van der Waals surface area contributed by atoms with Crippen molar-refractivity contribution in [2.45, 2.75) is 39.7 Å². The number of carbonyl (C=O) groups is 1. The van der Waals surface area contributed by atoms with Gasteiger partial charge in [0.25, 0.3) is 0 Å². The van der Waals surface area contributed by atoms with Crippen LogP contribution >= 0.6 is 0 Å². The fourth-order valence-electron chi connectivity index (χ4n) is 1.48. The number of aromatic nitrogens is 2. The number of esters is 1. The lowest BCUT2D eigenvalue weighted by molar-refractivity contribution is -0.146. The minimum atomic E-state index is -0.301. The molecule has 0 N–H and O–H groups in total. The molecule has 0 aliphatic heterocycles. The highest BCUT2D eigenvalue weighted by atomic mass is 16.5. The zero-order valence-electron chi connectivity index (χ0n) is 9.73. The van der Waals surface area contributed by atoms with E-state index in [0.717, 1.165) is 5.82 Å². The van der Waals surface area contributed by atoms with Gasteiger partial charge in [0.05, 0.1) is 6.61 Å². The number of hydrogen-bond donors (Lipinski definition) is 0. The van der Waals surface area contributed by atoms with E-state index in [4.69, 9.17) is 4.74 Å². The molecule has 15 heavy (non-hydrogen) atoms. The van der Waals surface area contributed by atoms with E-state index in [9.17, 15) is 4.79 Å². The van der Waals surface area contributed by atoms with Crippen LogP contribution in [0.1, 0.15) is 45.5 Å². The molecule has 1 heterocycles. The molecule has 0 saturated carbocycles. The summed E-state index contributed by atoms with van der Waals surface area (Å²) in [6, 6.07) is -0.301. The summed E-state index contributed by atoms with van der Waals surface area (Å²) in [6.07, 6.45) is 3.53. The van der Waals surface area contributed by atoms with Crippen LogP contribution in [0.5, 0.6) is 0 Å². The summed E-state index contributed by atoms with van der Waals surface area (Å²) >= 11 is 0. The van der Waals surface area contributed by atoms with Gasteiger partial charge in [-0.15, -0.1) is 0 Å². The molecule has 4 nitrogen and oxygen atoms in total. The Kier molecular flexibility index (Phi) is 3.88. The normalized spacial score (nSPS) is 12.9. The predicted octanol–water partition coefficient (Wildman–Crippen LogP) is 2.13. The van der Waals surface area contributed by atoms with Crippen molar-refractivity contribution in [1.82, 2.24) is 9.55 Å². The zero-order chi connectivity index (χ0) is 11.4. The van der Waals surface area contributed by atoms with Gasteiger partial charge in [0.1, 0.15) is 11.9 Å². The summed E-state index contributed by atoms with van der Waals surface area (Å²) in [4.78, 5) is 15.8. The molecule has 0 fully saturated rings. The van der Waals surface area contributed by atoms with Crippen LogP contribution in [0.15, 0.2) is 12.4 Å². The van der Waals surface area contributed by atoms with Crippen LogP contribution < -0.4 is 0 Å². The summed E-state index contributed by atoms with van der Waals surface area (Å²) in [7, 11) is 0. The average molecular weight is 210 g/mol. The van der Waals surface area contributed by atoms with Gasteiger partial charge in [-0.3, -0.25) is 0 Å². The molecule has 1 atom stereocenters. The van der Waals surface area contributed by atoms with E-state index in [1.54, 1.807) is 6.20 Å². The number of hydrogen-bond acceptors (Lipinski definition) is 3. The lowest BCUT2D eigenvalue weighted by Gasteiger charge is -2.16. The van der Waals surface area contributed by atoms with E-state index in [1.807, 2.05) is 24.6 Å². The van der Waals surface area contributed by atoms with Gasteiger partial charge < -0.3 is 9.30 Å². The molecule has 1 rings (SSSR count). The third-order valence-corrected chi connectivity index (χ3v) is 2.26. The Morgan fingerprint density at radius 2 is 2.20 bits per heavy atom. The van der Waals surface area contributed by atoms with E-state index in [2.05, 4.69) is 18.8 Å². The smallest absolute Gasteiger partial charge is 0.328 e. The Labute approximate surface area is 90.3 Å². The molecule has 1 unspecified atom stereocenters. The van der Waals surface area contributed by atoms with Gasteiger partial charge in [-0.2, -0.15) is 0 Å². The van der Waals surface area contributed by atoms with Gasteiger partial charge in [-0.05, 0) is 13.8 Å². The molecular formula is C11H18N2O2. The van der Waals surface area contributed by atoms with Gasteiger partial charge in [0, 0.05) is 18.3 Å². The molecule has 1 aromatic rings. The molecule has 0 amide bonds. The average Bonchev–Trinajstić information content (AvgIpc) is 2.65. The third kappa shape index (κ3) is 2.58. The maximum Gasteiger partial charge on any atom is 0.328 e. The molecule has 1 aromatic heterocycles. The summed E-state index contributed by atoms with van der Waals surface area (Å²) in [5, 5.41) is 0. The van der Waals surface area contributed by atoms with Gasteiger partial charge in [0.15, 0.2) is 0 Å². The van der Waals surface area contributed by atoms with Gasteiger partial charge >= 0.3 is 5.97 Å². The second-order valence-corrected chi connectivity index (χ2v) is 3.78. The Bertz CT molecular complexity index is 331. The maximum atomic E-state index is 11.5. The number of imidazole rings is 1. The standard InChI is InChI=1S/C11H18N2O2/c1-5-15-11(14)9(4)13-7-6-12-10(13)8(2)3/h6-9H,5H2,1-4H3. The van der Waals surface area contributed by atoms with Crippen molar-refractivity contribution in [3.8, 4) is 0 Å². The van der Waals surface area contributed by atoms with Crippen molar-refractivity contribution in [3.05, 3.63) is 18.2 Å². The highest BCUT2D eigenvalue weighted by molar-refractivity contribution is 5.73. The lowest BCUT2D eigenvalue weighted by Crippen LogP contribution is -2.20. The van der Waals surface area contributed by atoms with E-state index >= 15 is 0 Å². The summed E-state index contributed by atoms with van der Waals surface area (Å²) in [5.74, 6) is 1.00. The lowest BCUT2D eigenvalue weighted by atomic mass is 10.2. The van der Waals surface area contributed by atoms with Crippen LogP contribution in [0.3, 0.4) is 0 Å². The number of nitrogens with zero attached hydrogens (tertiary/aromatic N) is 2. The number of rotatable bonds is 4. The van der Waals surface area contributed by atoms with Crippen LogP contribution in [-0.4, -0.2) is 22.1 Å². The summed E-state index contributed by atoms with van der Waals surface area (Å²) in [5.41, 5.74) is 0. The first kappa shape index (κ1) is 11.8. The largest absolute Gasteiger partial charge is 0.464 e. The Hall–Kier alpha value is -1.32. The van der Waals surface area contributed by atoms with Crippen molar-refractivity contribution in [2.75, 3.05) is 6.61 Å². The Morgan fingerprint density at radius 1 is 1.53 bits per heavy atom. The molecule has 0 spiro atoms. The van der Waals surface area contributed by atoms with Crippen LogP contribution in [0, 0.1) is 0 Å². The fraction of sp³-hybridized carbons (Fsp3) is 0.636. The number of ether oxygens (including phenoxy) is 1. The summed E-state index contributed by atoms with van der Waals surface area (Å²) in [6.45, 7) is 8.15. The Balaban J connectivity index is 2.85. The van der Waals surface area contributed by atoms with E-state index in [0.29, 0.717) is 12.5 Å². The molecule has 0 bridgehead atoms. The predicted molar refractivity (Wildman–Crippen MR) is 57.7 cm³/mol. The van der Waals surface area contributed by atoms with Gasteiger partial charge in [-0.25, -0.2) is 9.78 Å². The summed E-state index contributed by atoms with van der Waals surface area (Å²) < 4.78 is 6.84. The topological polar surface area (TPSA) is 44.1 Å².